The summed E-state index contributed by atoms with van der Waals surface area (Å²) in [5.41, 5.74) is 2.70. The zero-order valence-electron chi connectivity index (χ0n) is 15.9. The van der Waals surface area contributed by atoms with Crippen molar-refractivity contribution in [2.45, 2.75) is 31.0 Å². The first kappa shape index (κ1) is 17.9. The summed E-state index contributed by atoms with van der Waals surface area (Å²) in [4.78, 5) is 13.1. The zero-order chi connectivity index (χ0) is 19.8. The van der Waals surface area contributed by atoms with Gasteiger partial charge in [-0.1, -0.05) is 30.3 Å². The first-order valence-electron chi connectivity index (χ1n) is 9.87. The first-order chi connectivity index (χ1) is 14.2. The highest BCUT2D eigenvalue weighted by Gasteiger charge is 2.34. The molecule has 0 spiro atoms. The molecule has 0 aliphatic carbocycles. The third-order valence-electron chi connectivity index (χ3n) is 5.69. The largest absolute Gasteiger partial charge is 0.459 e. The molecule has 2 aliphatic rings. The van der Waals surface area contributed by atoms with Crippen LogP contribution >= 0.6 is 0 Å². The average molecular weight is 387 g/mol. The number of rotatable bonds is 3. The highest BCUT2D eigenvalue weighted by molar-refractivity contribution is 6.05. The molecule has 29 heavy (non-hydrogen) atoms. The highest BCUT2D eigenvalue weighted by Crippen LogP contribution is 2.29. The maximum absolute atomic E-state index is 13.1. The van der Waals surface area contributed by atoms with Gasteiger partial charge in [-0.3, -0.25) is 0 Å². The fraction of sp³-hybridized carbons (Fsp3) is 0.304. The lowest BCUT2D eigenvalue weighted by molar-refractivity contribution is -0.0339. The van der Waals surface area contributed by atoms with Gasteiger partial charge in [-0.15, -0.1) is 0 Å². The fourth-order valence-corrected chi connectivity index (χ4v) is 4.42. The smallest absolute Gasteiger partial charge is 0.340 e. The van der Waals surface area contributed by atoms with Gasteiger partial charge in [-0.05, 0) is 18.2 Å². The highest BCUT2D eigenvalue weighted by atomic mass is 16.5. The molecule has 2 bridgehead atoms. The quantitative estimate of drug-likeness (QED) is 0.699. The van der Waals surface area contributed by atoms with Crippen molar-refractivity contribution in [3.8, 4) is 11.8 Å². The van der Waals surface area contributed by atoms with E-state index < -0.39 is 0 Å². The number of hydrogen-bond acceptors (Lipinski definition) is 5. The second kappa shape index (κ2) is 7.36. The Morgan fingerprint density at radius 2 is 1.83 bits per heavy atom. The predicted molar refractivity (Wildman–Crippen MR) is 108 cm³/mol. The van der Waals surface area contributed by atoms with Crippen LogP contribution in [0.25, 0.3) is 16.6 Å². The molecule has 0 saturated carbocycles. The van der Waals surface area contributed by atoms with E-state index in [0.29, 0.717) is 24.3 Å². The lowest BCUT2D eigenvalue weighted by Crippen LogP contribution is -2.56. The summed E-state index contributed by atoms with van der Waals surface area (Å²) in [6.07, 6.45) is 3.20. The summed E-state index contributed by atoms with van der Waals surface area (Å²) in [7, 11) is 0. The average Bonchev–Trinajstić information content (AvgIpc) is 3.13. The van der Waals surface area contributed by atoms with Crippen molar-refractivity contribution >= 4 is 16.9 Å². The van der Waals surface area contributed by atoms with Crippen LogP contribution in [0.2, 0.25) is 0 Å². The predicted octanol–water partition coefficient (Wildman–Crippen LogP) is 3.18. The minimum atomic E-state index is -0.319. The second-order valence-corrected chi connectivity index (χ2v) is 7.66. The molecule has 0 radical (unpaired) electrons. The Morgan fingerprint density at radius 1 is 1.10 bits per heavy atom. The molecule has 146 valence electrons. The normalized spacial score (nSPS) is 23.5. The Kier molecular flexibility index (Phi) is 4.55. The number of esters is 1. The molecule has 6 heteroatoms. The van der Waals surface area contributed by atoms with Crippen molar-refractivity contribution in [1.82, 2.24) is 9.88 Å². The van der Waals surface area contributed by atoms with Crippen LogP contribution in [0.1, 0.15) is 28.8 Å². The Balaban J connectivity index is 1.49. The second-order valence-electron chi connectivity index (χ2n) is 7.66. The summed E-state index contributed by atoms with van der Waals surface area (Å²) >= 11 is 0. The van der Waals surface area contributed by atoms with E-state index in [1.807, 2.05) is 47.0 Å². The number of benzene rings is 2. The minimum absolute atomic E-state index is 0.115. The topological polar surface area (TPSA) is 76.3 Å². The van der Waals surface area contributed by atoms with Gasteiger partial charge in [0.05, 0.1) is 35.5 Å². The minimum Gasteiger partial charge on any atom is -0.459 e. The number of para-hydroxylation sites is 2. The molecule has 3 atom stereocenters. The number of fused-ring (bicyclic) bond motifs is 3. The van der Waals surface area contributed by atoms with Gasteiger partial charge in [-0.25, -0.2) is 4.79 Å². The number of carbonyl (C=O) groups is 1. The molecular formula is C23H21N3O3. The molecule has 6 nitrogen and oxygen atoms in total. The number of nitriles is 1. The fourth-order valence-electron chi connectivity index (χ4n) is 4.42. The lowest BCUT2D eigenvalue weighted by atomic mass is 9.94. The lowest BCUT2D eigenvalue weighted by Gasteiger charge is -2.39. The first-order valence-corrected chi connectivity index (χ1v) is 9.87. The Hall–Kier alpha value is -3.14. The third kappa shape index (κ3) is 3.29. The summed E-state index contributed by atoms with van der Waals surface area (Å²) in [6, 6.07) is 17.8. The molecule has 5 rings (SSSR count). The van der Waals surface area contributed by atoms with E-state index in [1.165, 1.54) is 0 Å². The molecule has 2 saturated heterocycles. The van der Waals surface area contributed by atoms with Gasteiger partial charge >= 0.3 is 5.97 Å². The van der Waals surface area contributed by atoms with E-state index >= 15 is 0 Å². The molecule has 2 aromatic carbocycles. The Bertz CT molecular complexity index is 1100. The summed E-state index contributed by atoms with van der Waals surface area (Å²) in [5.74, 6) is -0.319. The van der Waals surface area contributed by atoms with Crippen molar-refractivity contribution in [2.24, 2.45) is 0 Å². The number of aromatic nitrogens is 1. The SMILES string of the molecule is N#Cc1ccccc1-n1cc(C(=O)O[C@H]2C[C@H]3COC[C@@H](C2)N3)c2ccccc21. The van der Waals surface area contributed by atoms with Gasteiger partial charge in [0.25, 0.3) is 0 Å². The monoisotopic (exact) mass is 387 g/mol. The molecular weight excluding hydrogens is 366 g/mol. The third-order valence-corrected chi connectivity index (χ3v) is 5.69. The molecule has 3 aromatic rings. The van der Waals surface area contributed by atoms with Crippen molar-refractivity contribution in [2.75, 3.05) is 13.2 Å². The van der Waals surface area contributed by atoms with E-state index in [-0.39, 0.29) is 24.2 Å². The van der Waals surface area contributed by atoms with E-state index in [1.54, 1.807) is 12.3 Å². The Morgan fingerprint density at radius 3 is 2.62 bits per heavy atom. The van der Waals surface area contributed by atoms with Crippen LogP contribution in [0.5, 0.6) is 0 Å². The zero-order valence-corrected chi connectivity index (χ0v) is 15.9. The number of piperidine rings is 1. The van der Waals surface area contributed by atoms with Gasteiger partial charge in [0, 0.05) is 36.5 Å². The van der Waals surface area contributed by atoms with Crippen molar-refractivity contribution in [1.29, 1.82) is 5.26 Å². The molecule has 1 N–H and O–H groups in total. The van der Waals surface area contributed by atoms with Crippen molar-refractivity contribution < 1.29 is 14.3 Å². The summed E-state index contributed by atoms with van der Waals surface area (Å²) in [5, 5.41) is 13.8. The summed E-state index contributed by atoms with van der Waals surface area (Å²) in [6.45, 7) is 1.32. The van der Waals surface area contributed by atoms with E-state index in [0.717, 1.165) is 29.4 Å². The number of carbonyl (C=O) groups excluding carboxylic acids is 1. The standard InChI is InChI=1S/C23H21N3O3/c24-11-15-5-1-3-7-21(15)26-12-20(19-6-2-4-8-22(19)26)23(27)29-18-9-16-13-28-14-17(10-18)25-16/h1-8,12,16-18,25H,9-10,13-14H2/t16-,17+,18-. The molecule has 1 aromatic heterocycles. The van der Waals surface area contributed by atoms with Gasteiger partial charge in [0.1, 0.15) is 12.2 Å². The number of morpholine rings is 1. The van der Waals surface area contributed by atoms with Gasteiger partial charge in [-0.2, -0.15) is 5.26 Å². The van der Waals surface area contributed by atoms with Crippen LogP contribution in [-0.4, -0.2) is 41.9 Å². The molecule has 2 fully saturated rings. The maximum Gasteiger partial charge on any atom is 0.340 e. The van der Waals surface area contributed by atoms with Crippen molar-refractivity contribution in [3.63, 3.8) is 0 Å². The summed E-state index contributed by atoms with van der Waals surface area (Å²) < 4.78 is 13.4. The molecule has 2 aliphatic heterocycles. The van der Waals surface area contributed by atoms with E-state index in [4.69, 9.17) is 9.47 Å². The van der Waals surface area contributed by atoms with Crippen LogP contribution in [0.15, 0.2) is 54.7 Å². The van der Waals surface area contributed by atoms with Crippen LogP contribution < -0.4 is 5.32 Å². The van der Waals surface area contributed by atoms with Crippen molar-refractivity contribution in [3.05, 3.63) is 65.9 Å². The molecule has 3 heterocycles. The molecule has 0 amide bonds. The van der Waals surface area contributed by atoms with Gasteiger partial charge < -0.3 is 19.4 Å². The number of hydrogen-bond donors (Lipinski definition) is 1. The number of ether oxygens (including phenoxy) is 2. The maximum atomic E-state index is 13.1. The van der Waals surface area contributed by atoms with Crippen LogP contribution in [0.4, 0.5) is 0 Å². The van der Waals surface area contributed by atoms with E-state index in [2.05, 4.69) is 11.4 Å². The molecule has 0 unspecified atom stereocenters. The van der Waals surface area contributed by atoms with E-state index in [9.17, 15) is 10.1 Å². The van der Waals surface area contributed by atoms with Crippen LogP contribution in [0, 0.1) is 11.3 Å². The number of nitrogens with one attached hydrogen (secondary N) is 1. The number of nitrogens with zero attached hydrogens (tertiary/aromatic N) is 2. The van der Waals surface area contributed by atoms with Gasteiger partial charge in [0.15, 0.2) is 0 Å². The Labute approximate surface area is 168 Å². The van der Waals surface area contributed by atoms with Gasteiger partial charge in [0.2, 0.25) is 0 Å². The van der Waals surface area contributed by atoms with Crippen LogP contribution in [-0.2, 0) is 9.47 Å². The van der Waals surface area contributed by atoms with Crippen LogP contribution in [0.3, 0.4) is 0 Å².